The molecule has 0 saturated heterocycles. The third-order valence-electron chi connectivity index (χ3n) is 3.32. The summed E-state index contributed by atoms with van der Waals surface area (Å²) < 4.78 is 11.3. The second-order valence-corrected chi connectivity index (χ2v) is 5.20. The number of carbonyl (C=O) groups is 1. The van der Waals surface area contributed by atoms with Crippen LogP contribution in [0.4, 0.5) is 0 Å². The third-order valence-corrected chi connectivity index (χ3v) is 3.65. The predicted molar refractivity (Wildman–Crippen MR) is 89.6 cm³/mol. The van der Waals surface area contributed by atoms with Crippen molar-refractivity contribution in [1.82, 2.24) is 4.98 Å². The highest BCUT2D eigenvalue weighted by Gasteiger charge is 2.07. The number of nitrogens with zero attached hydrogens (tertiary/aromatic N) is 1. The lowest BCUT2D eigenvalue weighted by atomic mass is 10.2. The molecule has 116 valence electrons. The van der Waals surface area contributed by atoms with Crippen LogP contribution < -0.4 is 9.47 Å². The summed E-state index contributed by atoms with van der Waals surface area (Å²) in [6, 6.07) is 14.4. The molecular formula is C18H14ClNO3. The fourth-order valence-corrected chi connectivity index (χ4v) is 2.46. The Bertz CT molecular complexity index is 835. The Kier molecular flexibility index (Phi) is 4.74. The van der Waals surface area contributed by atoms with Gasteiger partial charge in [0, 0.05) is 11.6 Å². The predicted octanol–water partition coefficient (Wildman–Crippen LogP) is 4.16. The molecule has 23 heavy (non-hydrogen) atoms. The topological polar surface area (TPSA) is 48.4 Å². The lowest BCUT2D eigenvalue weighted by molar-refractivity contribution is 0.111. The quantitative estimate of drug-likeness (QED) is 0.504. The number of para-hydroxylation sites is 1. The highest BCUT2D eigenvalue weighted by molar-refractivity contribution is 6.35. The van der Waals surface area contributed by atoms with E-state index in [4.69, 9.17) is 21.1 Å². The molecule has 5 heteroatoms. The number of pyridine rings is 1. The molecule has 0 aliphatic carbocycles. The SMILES string of the molecule is O=Cc1ccccc1OCCOc1ccc(Cl)c2cccnc12. The maximum Gasteiger partial charge on any atom is 0.153 e. The molecule has 0 amide bonds. The van der Waals surface area contributed by atoms with Crippen molar-refractivity contribution in [2.75, 3.05) is 13.2 Å². The number of halogens is 1. The minimum atomic E-state index is 0.321. The van der Waals surface area contributed by atoms with E-state index >= 15 is 0 Å². The fraction of sp³-hybridized carbons (Fsp3) is 0.111. The monoisotopic (exact) mass is 327 g/mol. The van der Waals surface area contributed by atoms with E-state index in [1.807, 2.05) is 18.2 Å². The first-order valence-corrected chi connectivity index (χ1v) is 7.50. The van der Waals surface area contributed by atoms with Crippen molar-refractivity contribution in [3.05, 3.63) is 65.3 Å². The number of aldehydes is 1. The highest BCUT2D eigenvalue weighted by atomic mass is 35.5. The van der Waals surface area contributed by atoms with Crippen molar-refractivity contribution >= 4 is 28.8 Å². The van der Waals surface area contributed by atoms with Crippen molar-refractivity contribution < 1.29 is 14.3 Å². The van der Waals surface area contributed by atoms with Crippen LogP contribution in [0.3, 0.4) is 0 Å². The largest absolute Gasteiger partial charge is 0.489 e. The van der Waals surface area contributed by atoms with Crippen molar-refractivity contribution in [3.8, 4) is 11.5 Å². The number of ether oxygens (including phenoxy) is 2. The number of carbonyl (C=O) groups excluding carboxylic acids is 1. The van der Waals surface area contributed by atoms with E-state index in [0.717, 1.165) is 11.7 Å². The number of aromatic nitrogens is 1. The van der Waals surface area contributed by atoms with Crippen LogP contribution in [0.15, 0.2) is 54.7 Å². The molecule has 0 spiro atoms. The smallest absolute Gasteiger partial charge is 0.153 e. The second-order valence-electron chi connectivity index (χ2n) is 4.80. The Labute approximate surface area is 138 Å². The fourth-order valence-electron chi connectivity index (χ4n) is 2.24. The summed E-state index contributed by atoms with van der Waals surface area (Å²) in [5, 5.41) is 1.48. The van der Waals surface area contributed by atoms with Gasteiger partial charge >= 0.3 is 0 Å². The Balaban J connectivity index is 1.65. The molecule has 3 aromatic rings. The van der Waals surface area contributed by atoms with Gasteiger partial charge in [-0.2, -0.15) is 0 Å². The van der Waals surface area contributed by atoms with Gasteiger partial charge in [-0.25, -0.2) is 0 Å². The molecule has 0 atom stereocenters. The Morgan fingerprint density at radius 3 is 2.57 bits per heavy atom. The van der Waals surface area contributed by atoms with Crippen LogP contribution in [0, 0.1) is 0 Å². The molecule has 1 aromatic heterocycles. The molecule has 0 N–H and O–H groups in total. The lowest BCUT2D eigenvalue weighted by Crippen LogP contribution is -2.10. The van der Waals surface area contributed by atoms with Crippen LogP contribution in [-0.2, 0) is 0 Å². The van der Waals surface area contributed by atoms with Gasteiger partial charge in [0.2, 0.25) is 0 Å². The zero-order valence-electron chi connectivity index (χ0n) is 12.2. The summed E-state index contributed by atoms with van der Waals surface area (Å²) in [5.74, 6) is 1.20. The lowest BCUT2D eigenvalue weighted by Gasteiger charge is -2.11. The van der Waals surface area contributed by atoms with E-state index < -0.39 is 0 Å². The number of rotatable bonds is 6. The summed E-state index contributed by atoms with van der Waals surface area (Å²) in [7, 11) is 0. The number of benzene rings is 2. The Hall–Kier alpha value is -2.59. The summed E-state index contributed by atoms with van der Waals surface area (Å²) in [4.78, 5) is 15.2. The zero-order valence-corrected chi connectivity index (χ0v) is 13.0. The van der Waals surface area contributed by atoms with Crippen LogP contribution >= 0.6 is 11.6 Å². The first-order valence-electron chi connectivity index (χ1n) is 7.12. The van der Waals surface area contributed by atoms with Gasteiger partial charge in [0.15, 0.2) is 6.29 Å². The van der Waals surface area contributed by atoms with Gasteiger partial charge in [-0.3, -0.25) is 9.78 Å². The molecular weight excluding hydrogens is 314 g/mol. The Morgan fingerprint density at radius 2 is 1.74 bits per heavy atom. The molecule has 3 rings (SSSR count). The van der Waals surface area contributed by atoms with Crippen molar-refractivity contribution in [2.45, 2.75) is 0 Å². The van der Waals surface area contributed by atoms with Crippen molar-refractivity contribution in [1.29, 1.82) is 0 Å². The molecule has 0 bridgehead atoms. The third kappa shape index (κ3) is 3.43. The van der Waals surface area contributed by atoms with Crippen LogP contribution in [0.1, 0.15) is 10.4 Å². The molecule has 0 saturated carbocycles. The van der Waals surface area contributed by atoms with Crippen molar-refractivity contribution in [3.63, 3.8) is 0 Å². The van der Waals surface area contributed by atoms with Gasteiger partial charge in [0.05, 0.1) is 10.6 Å². The average Bonchev–Trinajstić information content (AvgIpc) is 2.61. The number of fused-ring (bicyclic) bond motifs is 1. The van der Waals surface area contributed by atoms with Gasteiger partial charge < -0.3 is 9.47 Å². The number of hydrogen-bond acceptors (Lipinski definition) is 4. The summed E-state index contributed by atoms with van der Waals surface area (Å²) in [5.41, 5.74) is 1.24. The minimum absolute atomic E-state index is 0.321. The first kappa shape index (κ1) is 15.3. The second kappa shape index (κ2) is 7.11. The molecule has 0 radical (unpaired) electrons. The maximum absolute atomic E-state index is 10.9. The van der Waals surface area contributed by atoms with Crippen LogP contribution in [0.5, 0.6) is 11.5 Å². The van der Waals surface area contributed by atoms with Gasteiger partial charge in [0.25, 0.3) is 0 Å². The summed E-state index contributed by atoms with van der Waals surface area (Å²) >= 11 is 6.15. The molecule has 0 unspecified atom stereocenters. The summed E-state index contributed by atoms with van der Waals surface area (Å²) in [6.45, 7) is 0.655. The standard InChI is InChI=1S/C18H14ClNO3/c19-15-7-8-17(18-14(15)5-3-9-20-18)23-11-10-22-16-6-2-1-4-13(16)12-21/h1-9,12H,10-11H2. The van der Waals surface area contributed by atoms with Crippen LogP contribution in [-0.4, -0.2) is 24.5 Å². The summed E-state index contributed by atoms with van der Waals surface area (Å²) in [6.07, 6.45) is 2.47. The van der Waals surface area contributed by atoms with E-state index in [1.54, 1.807) is 36.5 Å². The van der Waals surface area contributed by atoms with Gasteiger partial charge in [-0.15, -0.1) is 0 Å². The van der Waals surface area contributed by atoms with Gasteiger partial charge in [0.1, 0.15) is 30.2 Å². The molecule has 0 aliphatic rings. The molecule has 2 aromatic carbocycles. The average molecular weight is 328 g/mol. The van der Waals surface area contributed by atoms with E-state index in [9.17, 15) is 4.79 Å². The molecule has 0 fully saturated rings. The highest BCUT2D eigenvalue weighted by Crippen LogP contribution is 2.29. The minimum Gasteiger partial charge on any atom is -0.489 e. The van der Waals surface area contributed by atoms with Gasteiger partial charge in [-0.1, -0.05) is 23.7 Å². The zero-order chi connectivity index (χ0) is 16.1. The van der Waals surface area contributed by atoms with E-state index in [2.05, 4.69) is 4.98 Å². The van der Waals surface area contributed by atoms with Crippen molar-refractivity contribution in [2.24, 2.45) is 0 Å². The van der Waals surface area contributed by atoms with Gasteiger partial charge in [-0.05, 0) is 36.4 Å². The molecule has 1 heterocycles. The molecule has 0 aliphatic heterocycles. The first-order chi connectivity index (χ1) is 11.3. The maximum atomic E-state index is 10.9. The van der Waals surface area contributed by atoms with E-state index in [-0.39, 0.29) is 0 Å². The van der Waals surface area contributed by atoms with Crippen LogP contribution in [0.25, 0.3) is 10.9 Å². The number of hydrogen-bond donors (Lipinski definition) is 0. The van der Waals surface area contributed by atoms with Crippen LogP contribution in [0.2, 0.25) is 5.02 Å². The molecule has 4 nitrogen and oxygen atoms in total. The van der Waals surface area contributed by atoms with E-state index in [0.29, 0.717) is 40.8 Å². The van der Waals surface area contributed by atoms with E-state index in [1.165, 1.54) is 0 Å². The normalized spacial score (nSPS) is 10.5. The Morgan fingerprint density at radius 1 is 0.957 bits per heavy atom.